The Bertz CT molecular complexity index is 1250. The molecule has 29 heavy (non-hydrogen) atoms. The van der Waals surface area contributed by atoms with E-state index < -0.39 is 0 Å². The lowest BCUT2D eigenvalue weighted by Crippen LogP contribution is -2.50. The van der Waals surface area contributed by atoms with Crippen molar-refractivity contribution in [1.82, 2.24) is 34.5 Å². The molecule has 0 N–H and O–H groups in total. The Morgan fingerprint density at radius 2 is 1.79 bits per heavy atom. The van der Waals surface area contributed by atoms with E-state index in [2.05, 4.69) is 30.0 Å². The average molecular weight is 388 g/mol. The van der Waals surface area contributed by atoms with Crippen LogP contribution in [-0.2, 0) is 6.54 Å². The first-order valence-corrected chi connectivity index (χ1v) is 9.51. The highest BCUT2D eigenvalue weighted by Gasteiger charge is 2.29. The van der Waals surface area contributed by atoms with Gasteiger partial charge in [-0.25, -0.2) is 19.3 Å². The van der Waals surface area contributed by atoms with Gasteiger partial charge in [0, 0.05) is 43.2 Å². The molecule has 0 spiro atoms. The number of aromatic nitrogens is 7. The van der Waals surface area contributed by atoms with Crippen molar-refractivity contribution < 1.29 is 0 Å². The largest absolute Gasteiger partial charge is 0.356 e. The van der Waals surface area contributed by atoms with Crippen molar-refractivity contribution in [3.8, 4) is 5.82 Å². The van der Waals surface area contributed by atoms with Gasteiger partial charge in [0.25, 0.3) is 5.56 Å². The third-order valence-electron chi connectivity index (χ3n) is 5.11. The second-order valence-electron chi connectivity index (χ2n) is 7.39. The van der Waals surface area contributed by atoms with E-state index in [4.69, 9.17) is 0 Å². The van der Waals surface area contributed by atoms with Crippen LogP contribution in [0.25, 0.3) is 17.0 Å². The average Bonchev–Trinajstić information content (AvgIpc) is 3.03. The van der Waals surface area contributed by atoms with Crippen LogP contribution in [0.2, 0.25) is 0 Å². The summed E-state index contributed by atoms with van der Waals surface area (Å²) in [4.78, 5) is 27.6. The lowest BCUT2D eigenvalue weighted by molar-refractivity contribution is 0.332. The van der Waals surface area contributed by atoms with E-state index in [0.717, 1.165) is 35.8 Å². The highest BCUT2D eigenvalue weighted by atomic mass is 16.1. The van der Waals surface area contributed by atoms with Crippen molar-refractivity contribution in [3.63, 3.8) is 0 Å². The number of anilines is 1. The zero-order valence-electron chi connectivity index (χ0n) is 16.2. The Balaban J connectivity index is 1.31. The van der Waals surface area contributed by atoms with Gasteiger partial charge in [0.15, 0.2) is 11.5 Å². The van der Waals surface area contributed by atoms with Crippen molar-refractivity contribution in [1.29, 1.82) is 0 Å². The molecule has 0 atom stereocenters. The van der Waals surface area contributed by atoms with Gasteiger partial charge in [-0.1, -0.05) is 0 Å². The summed E-state index contributed by atoms with van der Waals surface area (Å²) in [6.45, 7) is 6.11. The monoisotopic (exact) mass is 388 g/mol. The van der Waals surface area contributed by atoms with Gasteiger partial charge in [-0.3, -0.25) is 9.78 Å². The molecule has 0 aliphatic carbocycles. The van der Waals surface area contributed by atoms with Crippen molar-refractivity contribution in [3.05, 3.63) is 64.5 Å². The zero-order chi connectivity index (χ0) is 20.0. The molecule has 4 aromatic rings. The molecule has 0 saturated carbocycles. The Kier molecular flexibility index (Phi) is 4.08. The fourth-order valence-corrected chi connectivity index (χ4v) is 3.68. The normalized spacial score (nSPS) is 14.3. The lowest BCUT2D eigenvalue weighted by atomic mass is 10.0. The van der Waals surface area contributed by atoms with Gasteiger partial charge in [-0.05, 0) is 38.1 Å². The molecule has 1 aliphatic rings. The van der Waals surface area contributed by atoms with Crippen LogP contribution in [0.15, 0.2) is 47.5 Å². The quantitative estimate of drug-likeness (QED) is 0.523. The molecule has 5 rings (SSSR count). The zero-order valence-corrected chi connectivity index (χ0v) is 16.2. The molecule has 0 aromatic carbocycles. The summed E-state index contributed by atoms with van der Waals surface area (Å²) in [7, 11) is 0. The van der Waals surface area contributed by atoms with Crippen LogP contribution < -0.4 is 10.5 Å². The van der Waals surface area contributed by atoms with Crippen molar-refractivity contribution in [2.45, 2.75) is 20.4 Å². The summed E-state index contributed by atoms with van der Waals surface area (Å²) in [6, 6.07) is 9.15. The Morgan fingerprint density at radius 3 is 2.59 bits per heavy atom. The standard InChI is InChI=1S/C20H20N8O/c1-13-9-14(2)28(24-13)18-5-6-19(29)27(25-18)12-15-10-26(11-15)17-4-3-16-20(23-17)22-8-7-21-16/h3-9,15H,10-12H2,1-2H3. The highest BCUT2D eigenvalue weighted by molar-refractivity contribution is 5.71. The summed E-state index contributed by atoms with van der Waals surface area (Å²) >= 11 is 0. The lowest BCUT2D eigenvalue weighted by Gasteiger charge is -2.40. The third-order valence-corrected chi connectivity index (χ3v) is 5.11. The fourth-order valence-electron chi connectivity index (χ4n) is 3.68. The van der Waals surface area contributed by atoms with Crippen LogP contribution in [-0.4, -0.2) is 47.6 Å². The number of nitrogens with zero attached hydrogens (tertiary/aromatic N) is 8. The van der Waals surface area contributed by atoms with Crippen LogP contribution in [0.4, 0.5) is 5.82 Å². The summed E-state index contributed by atoms with van der Waals surface area (Å²) in [6.07, 6.45) is 3.31. The van der Waals surface area contributed by atoms with Gasteiger partial charge in [0.1, 0.15) is 11.3 Å². The van der Waals surface area contributed by atoms with E-state index in [-0.39, 0.29) is 5.56 Å². The molecule has 0 amide bonds. The molecule has 0 radical (unpaired) electrons. The number of hydrogen-bond acceptors (Lipinski definition) is 7. The second-order valence-corrected chi connectivity index (χ2v) is 7.39. The van der Waals surface area contributed by atoms with Crippen LogP contribution >= 0.6 is 0 Å². The SMILES string of the molecule is Cc1cc(C)n(-c2ccc(=O)n(CC3CN(c4ccc5nccnc5n4)C3)n2)n1. The molecule has 1 saturated heterocycles. The van der Waals surface area contributed by atoms with E-state index in [1.54, 1.807) is 29.2 Å². The van der Waals surface area contributed by atoms with E-state index >= 15 is 0 Å². The van der Waals surface area contributed by atoms with Gasteiger partial charge >= 0.3 is 0 Å². The first kappa shape index (κ1) is 17.5. The first-order chi connectivity index (χ1) is 14.1. The fraction of sp³-hybridized carbons (Fsp3) is 0.300. The molecule has 5 heterocycles. The van der Waals surface area contributed by atoms with Crippen molar-refractivity contribution in [2.24, 2.45) is 5.92 Å². The number of aryl methyl sites for hydroxylation is 2. The number of hydrogen-bond donors (Lipinski definition) is 0. The number of fused-ring (bicyclic) bond motifs is 1. The second kappa shape index (κ2) is 6.77. The van der Waals surface area contributed by atoms with E-state index in [9.17, 15) is 4.79 Å². The highest BCUT2D eigenvalue weighted by Crippen LogP contribution is 2.24. The van der Waals surface area contributed by atoms with Gasteiger partial charge < -0.3 is 4.90 Å². The Hall–Kier alpha value is -3.62. The predicted octanol–water partition coefficient (Wildman–Crippen LogP) is 1.52. The summed E-state index contributed by atoms with van der Waals surface area (Å²) in [5.41, 5.74) is 3.23. The Morgan fingerprint density at radius 1 is 1.00 bits per heavy atom. The van der Waals surface area contributed by atoms with Gasteiger partial charge in [-0.2, -0.15) is 5.10 Å². The topological polar surface area (TPSA) is 94.6 Å². The minimum absolute atomic E-state index is 0.104. The van der Waals surface area contributed by atoms with Crippen LogP contribution in [0.5, 0.6) is 0 Å². The van der Waals surface area contributed by atoms with Crippen LogP contribution in [0.1, 0.15) is 11.4 Å². The minimum atomic E-state index is -0.104. The molecule has 0 bridgehead atoms. The summed E-state index contributed by atoms with van der Waals surface area (Å²) in [5, 5.41) is 8.98. The maximum atomic E-state index is 12.3. The maximum absolute atomic E-state index is 12.3. The van der Waals surface area contributed by atoms with E-state index in [1.807, 2.05) is 32.0 Å². The Labute approximate surface area is 166 Å². The molecule has 9 heteroatoms. The third kappa shape index (κ3) is 3.24. The van der Waals surface area contributed by atoms with E-state index in [0.29, 0.717) is 23.9 Å². The van der Waals surface area contributed by atoms with Crippen molar-refractivity contribution in [2.75, 3.05) is 18.0 Å². The molecular weight excluding hydrogens is 368 g/mol. The molecule has 4 aromatic heterocycles. The smallest absolute Gasteiger partial charge is 0.266 e. The minimum Gasteiger partial charge on any atom is -0.356 e. The molecule has 9 nitrogen and oxygen atoms in total. The molecule has 0 unspecified atom stereocenters. The summed E-state index contributed by atoms with van der Waals surface area (Å²) in [5.74, 6) is 1.86. The van der Waals surface area contributed by atoms with Gasteiger partial charge in [0.2, 0.25) is 0 Å². The van der Waals surface area contributed by atoms with Gasteiger partial charge in [-0.15, -0.1) is 5.10 Å². The van der Waals surface area contributed by atoms with E-state index in [1.165, 1.54) is 4.68 Å². The predicted molar refractivity (Wildman–Crippen MR) is 108 cm³/mol. The number of pyridine rings is 1. The molecule has 1 aliphatic heterocycles. The molecular formula is C20H20N8O. The number of rotatable bonds is 4. The van der Waals surface area contributed by atoms with Crippen LogP contribution in [0.3, 0.4) is 0 Å². The van der Waals surface area contributed by atoms with Crippen molar-refractivity contribution >= 4 is 17.0 Å². The molecule has 1 fully saturated rings. The van der Waals surface area contributed by atoms with Crippen LogP contribution in [0, 0.1) is 19.8 Å². The summed E-state index contributed by atoms with van der Waals surface area (Å²) < 4.78 is 3.30. The maximum Gasteiger partial charge on any atom is 0.266 e. The molecule has 146 valence electrons. The first-order valence-electron chi connectivity index (χ1n) is 9.51. The van der Waals surface area contributed by atoms with Gasteiger partial charge in [0.05, 0.1) is 12.2 Å².